The van der Waals surface area contributed by atoms with Crippen LogP contribution < -0.4 is 16.0 Å². The minimum absolute atomic E-state index is 0.0275. The Hall–Kier alpha value is -3.56. The average Bonchev–Trinajstić information content (AvgIpc) is 2.75. The monoisotopic (exact) mass is 448 g/mol. The summed E-state index contributed by atoms with van der Waals surface area (Å²) in [7, 11) is 0. The molecule has 1 unspecified atom stereocenters. The number of urea groups is 1. The van der Waals surface area contributed by atoms with Crippen molar-refractivity contribution in [1.82, 2.24) is 10.2 Å². The Labute approximate surface area is 183 Å². The molecule has 0 saturated carbocycles. The van der Waals surface area contributed by atoms with Gasteiger partial charge >= 0.3 is 12.2 Å². The summed E-state index contributed by atoms with van der Waals surface area (Å²) in [6.45, 7) is 3.58. The first-order valence-electron chi connectivity index (χ1n) is 10.0. The van der Waals surface area contributed by atoms with E-state index in [1.807, 2.05) is 0 Å². The largest absolute Gasteiger partial charge is 0.416 e. The molecule has 2 aromatic carbocycles. The van der Waals surface area contributed by atoms with E-state index in [1.165, 1.54) is 18.2 Å². The number of aryl methyl sites for hydroxylation is 1. The summed E-state index contributed by atoms with van der Waals surface area (Å²) in [4.78, 5) is 38.4. The molecule has 1 saturated heterocycles. The fraction of sp³-hybridized carbons (Fsp3) is 0.318. The molecule has 2 aromatic rings. The summed E-state index contributed by atoms with van der Waals surface area (Å²) in [5.41, 5.74) is 0.251. The highest BCUT2D eigenvalue weighted by atomic mass is 19.4. The number of nitrogens with one attached hydrogen (secondary N) is 3. The van der Waals surface area contributed by atoms with Gasteiger partial charge in [0.2, 0.25) is 11.8 Å². The van der Waals surface area contributed by atoms with Crippen LogP contribution in [0, 0.1) is 6.92 Å². The van der Waals surface area contributed by atoms with Crippen LogP contribution in [0.2, 0.25) is 0 Å². The topological polar surface area (TPSA) is 90.5 Å². The highest BCUT2D eigenvalue weighted by Crippen LogP contribution is 2.37. The van der Waals surface area contributed by atoms with Gasteiger partial charge in [0.25, 0.3) is 0 Å². The van der Waals surface area contributed by atoms with Crippen molar-refractivity contribution in [2.75, 3.05) is 23.7 Å². The van der Waals surface area contributed by atoms with Crippen molar-refractivity contribution in [3.63, 3.8) is 0 Å². The van der Waals surface area contributed by atoms with E-state index in [4.69, 9.17) is 0 Å². The van der Waals surface area contributed by atoms with E-state index in [0.29, 0.717) is 16.9 Å². The minimum atomic E-state index is -4.68. The summed E-state index contributed by atoms with van der Waals surface area (Å²) >= 11 is 0. The molecule has 3 rings (SSSR count). The van der Waals surface area contributed by atoms with Crippen molar-refractivity contribution in [3.8, 4) is 0 Å². The minimum Gasteiger partial charge on any atom is -0.352 e. The van der Waals surface area contributed by atoms with E-state index in [2.05, 4.69) is 16.0 Å². The van der Waals surface area contributed by atoms with Gasteiger partial charge in [0.1, 0.15) is 6.04 Å². The van der Waals surface area contributed by atoms with Gasteiger partial charge in [-0.15, -0.1) is 0 Å². The third-order valence-corrected chi connectivity index (χ3v) is 5.12. The third kappa shape index (κ3) is 5.01. The number of hydrogen-bond acceptors (Lipinski definition) is 3. The normalized spacial score (nSPS) is 16.3. The van der Waals surface area contributed by atoms with Gasteiger partial charge in [-0.1, -0.05) is 31.2 Å². The van der Waals surface area contributed by atoms with E-state index in [1.54, 1.807) is 32.0 Å². The molecule has 170 valence electrons. The Balaban J connectivity index is 1.92. The lowest BCUT2D eigenvalue weighted by molar-refractivity contribution is -0.139. The summed E-state index contributed by atoms with van der Waals surface area (Å²) in [5.74, 6) is -0.897. The number of rotatable bonds is 4. The van der Waals surface area contributed by atoms with Gasteiger partial charge in [-0.05, 0) is 36.2 Å². The molecule has 3 N–H and O–H groups in total. The fourth-order valence-electron chi connectivity index (χ4n) is 3.46. The summed E-state index contributed by atoms with van der Waals surface area (Å²) in [5, 5.41) is 7.88. The van der Waals surface area contributed by atoms with E-state index in [-0.39, 0.29) is 31.0 Å². The van der Waals surface area contributed by atoms with Gasteiger partial charge < -0.3 is 20.9 Å². The van der Waals surface area contributed by atoms with E-state index < -0.39 is 29.7 Å². The lowest BCUT2D eigenvalue weighted by atomic mass is 9.96. The molecule has 1 atom stereocenters. The highest BCUT2D eigenvalue weighted by molar-refractivity contribution is 5.97. The number of alkyl halides is 3. The zero-order valence-corrected chi connectivity index (χ0v) is 17.5. The van der Waals surface area contributed by atoms with Crippen LogP contribution in [-0.2, 0) is 15.8 Å². The third-order valence-electron chi connectivity index (χ3n) is 5.12. The molecule has 1 fully saturated rings. The number of halogens is 3. The van der Waals surface area contributed by atoms with Gasteiger partial charge in [-0.3, -0.25) is 9.59 Å². The SMILES string of the molecule is CCC(=O)Nc1ccc(C)c(NC(=O)N2CCNC(=O)C2c2ccccc2C(F)(F)F)c1. The van der Waals surface area contributed by atoms with Crippen molar-refractivity contribution in [1.29, 1.82) is 0 Å². The van der Waals surface area contributed by atoms with Gasteiger partial charge in [0.05, 0.1) is 5.56 Å². The highest BCUT2D eigenvalue weighted by Gasteiger charge is 2.41. The molecule has 0 bridgehead atoms. The Morgan fingerprint density at radius 3 is 2.56 bits per heavy atom. The number of nitrogens with zero attached hydrogens (tertiary/aromatic N) is 1. The van der Waals surface area contributed by atoms with Crippen LogP contribution >= 0.6 is 0 Å². The van der Waals surface area contributed by atoms with E-state index in [9.17, 15) is 27.6 Å². The molecule has 0 radical (unpaired) electrons. The Morgan fingerprint density at radius 1 is 1.16 bits per heavy atom. The molecule has 1 heterocycles. The molecular weight excluding hydrogens is 425 g/mol. The van der Waals surface area contributed by atoms with Crippen LogP contribution in [0.3, 0.4) is 0 Å². The van der Waals surface area contributed by atoms with Crippen LogP contribution in [0.15, 0.2) is 42.5 Å². The number of anilines is 2. The molecule has 1 aliphatic heterocycles. The van der Waals surface area contributed by atoms with Crippen LogP contribution in [-0.4, -0.2) is 35.8 Å². The lowest BCUT2D eigenvalue weighted by Gasteiger charge is -2.36. The molecule has 0 spiro atoms. The van der Waals surface area contributed by atoms with Crippen molar-refractivity contribution >= 4 is 29.2 Å². The molecule has 0 aliphatic carbocycles. The Morgan fingerprint density at radius 2 is 1.88 bits per heavy atom. The standard InChI is InChI=1S/C22H23F3N4O3/c1-3-18(30)27-14-9-8-13(2)17(12-14)28-21(32)29-11-10-26-20(31)19(29)15-6-4-5-7-16(15)22(23,24)25/h4-9,12,19H,3,10-11H2,1-2H3,(H,26,31)(H,27,30)(H,28,32). The first-order valence-corrected chi connectivity index (χ1v) is 10.0. The van der Waals surface area contributed by atoms with Crippen LogP contribution in [0.4, 0.5) is 29.3 Å². The molecule has 1 aliphatic rings. The number of benzene rings is 2. The smallest absolute Gasteiger partial charge is 0.352 e. The molecule has 7 nitrogen and oxygen atoms in total. The predicted molar refractivity (Wildman–Crippen MR) is 113 cm³/mol. The van der Waals surface area contributed by atoms with Gasteiger partial charge in [0.15, 0.2) is 0 Å². The first kappa shape index (κ1) is 23.1. The number of amides is 4. The Kier molecular flexibility index (Phi) is 6.71. The van der Waals surface area contributed by atoms with E-state index >= 15 is 0 Å². The zero-order valence-electron chi connectivity index (χ0n) is 17.5. The first-order chi connectivity index (χ1) is 15.1. The molecule has 0 aromatic heterocycles. The van der Waals surface area contributed by atoms with Crippen LogP contribution in [0.25, 0.3) is 0 Å². The maximum Gasteiger partial charge on any atom is 0.416 e. The average molecular weight is 448 g/mol. The predicted octanol–water partition coefficient (Wildman–Crippen LogP) is 4.07. The maximum absolute atomic E-state index is 13.6. The van der Waals surface area contributed by atoms with Crippen LogP contribution in [0.1, 0.15) is 36.1 Å². The Bertz CT molecular complexity index is 1040. The fourth-order valence-corrected chi connectivity index (χ4v) is 3.46. The molecule has 10 heteroatoms. The zero-order chi connectivity index (χ0) is 23.5. The van der Waals surface area contributed by atoms with E-state index in [0.717, 1.165) is 11.0 Å². The second-order valence-corrected chi connectivity index (χ2v) is 7.33. The molecule has 4 amide bonds. The van der Waals surface area contributed by atoms with Crippen molar-refractivity contribution in [3.05, 3.63) is 59.2 Å². The van der Waals surface area contributed by atoms with Crippen molar-refractivity contribution in [2.24, 2.45) is 0 Å². The second kappa shape index (κ2) is 9.29. The quantitative estimate of drug-likeness (QED) is 0.659. The molecule has 32 heavy (non-hydrogen) atoms. The van der Waals surface area contributed by atoms with Gasteiger partial charge in [0, 0.05) is 30.9 Å². The summed E-state index contributed by atoms with van der Waals surface area (Å²) in [6, 6.07) is 7.48. The van der Waals surface area contributed by atoms with Crippen molar-refractivity contribution in [2.45, 2.75) is 32.5 Å². The lowest BCUT2D eigenvalue weighted by Crippen LogP contribution is -2.53. The van der Waals surface area contributed by atoms with Crippen LogP contribution in [0.5, 0.6) is 0 Å². The maximum atomic E-state index is 13.6. The summed E-state index contributed by atoms with van der Waals surface area (Å²) < 4.78 is 40.7. The number of hydrogen-bond donors (Lipinski definition) is 3. The van der Waals surface area contributed by atoms with Gasteiger partial charge in [-0.2, -0.15) is 13.2 Å². The number of carbonyl (C=O) groups is 3. The van der Waals surface area contributed by atoms with Gasteiger partial charge in [-0.25, -0.2) is 4.79 Å². The number of carbonyl (C=O) groups excluding carboxylic acids is 3. The summed E-state index contributed by atoms with van der Waals surface area (Å²) in [6.07, 6.45) is -4.41. The van der Waals surface area contributed by atoms with Crippen molar-refractivity contribution < 1.29 is 27.6 Å². The second-order valence-electron chi connectivity index (χ2n) is 7.33. The molecular formula is C22H23F3N4O3. The number of piperazine rings is 1.